The number of aliphatic hydroxyl groups excluding tert-OH is 1. The van der Waals surface area contributed by atoms with E-state index < -0.39 is 0 Å². The number of hydrogen-bond acceptors (Lipinski definition) is 2. The molecule has 23 heavy (non-hydrogen) atoms. The van der Waals surface area contributed by atoms with Gasteiger partial charge in [0.1, 0.15) is 7.85 Å². The summed E-state index contributed by atoms with van der Waals surface area (Å²) in [4.78, 5) is 0. The Hall–Kier alpha value is -1.29. The van der Waals surface area contributed by atoms with Crippen molar-refractivity contribution in [2.24, 2.45) is 0 Å². The molecular formula is C19H20BClO2. The Labute approximate surface area is 143 Å². The smallest absolute Gasteiger partial charge is 0.113 e. The minimum Gasteiger partial charge on any atom is -0.393 e. The molecule has 1 fully saturated rings. The molecule has 118 valence electrons. The van der Waals surface area contributed by atoms with E-state index in [0.29, 0.717) is 12.8 Å². The van der Waals surface area contributed by atoms with Gasteiger partial charge in [0.05, 0.1) is 18.3 Å². The van der Waals surface area contributed by atoms with Crippen LogP contribution < -0.4 is 5.46 Å². The van der Waals surface area contributed by atoms with Gasteiger partial charge in [0.2, 0.25) is 0 Å². The van der Waals surface area contributed by atoms with Crippen LogP contribution in [0.3, 0.4) is 0 Å². The lowest BCUT2D eigenvalue weighted by Crippen LogP contribution is -2.29. The zero-order valence-electron chi connectivity index (χ0n) is 13.2. The standard InChI is InChI=1S/C19H20BClO2/c1-12-8-17(22)11-19(23-12)14-4-7-18(21)15(10-14)9-13-2-5-16(20)6-3-13/h2-7,10,12,17,19,22H,8-9,11H2,1H3/t12-,17+,19-/m1/s1. The molecule has 4 heteroatoms. The Morgan fingerprint density at radius 1 is 1.17 bits per heavy atom. The van der Waals surface area contributed by atoms with Crippen molar-refractivity contribution in [2.75, 3.05) is 0 Å². The zero-order valence-corrected chi connectivity index (χ0v) is 14.0. The molecule has 1 aliphatic rings. The highest BCUT2D eigenvalue weighted by Gasteiger charge is 2.27. The Morgan fingerprint density at radius 2 is 1.91 bits per heavy atom. The van der Waals surface area contributed by atoms with Crippen LogP contribution in [-0.4, -0.2) is 25.2 Å². The molecule has 0 bridgehead atoms. The van der Waals surface area contributed by atoms with Crippen molar-refractivity contribution in [1.29, 1.82) is 0 Å². The third-order valence-corrected chi connectivity index (χ3v) is 4.67. The highest BCUT2D eigenvalue weighted by atomic mass is 35.5. The van der Waals surface area contributed by atoms with Gasteiger partial charge in [-0.25, -0.2) is 0 Å². The van der Waals surface area contributed by atoms with Crippen LogP contribution in [-0.2, 0) is 11.2 Å². The van der Waals surface area contributed by atoms with Crippen LogP contribution in [0.1, 0.15) is 42.6 Å². The molecule has 1 aliphatic heterocycles. The Kier molecular flexibility index (Phi) is 5.10. The maximum Gasteiger partial charge on any atom is 0.113 e. The molecule has 1 saturated heterocycles. The fraction of sp³-hybridized carbons (Fsp3) is 0.368. The van der Waals surface area contributed by atoms with E-state index in [1.54, 1.807) is 0 Å². The predicted octanol–water partition coefficient (Wildman–Crippen LogP) is 3.33. The van der Waals surface area contributed by atoms with Gasteiger partial charge in [-0.3, -0.25) is 0 Å². The first-order valence-electron chi connectivity index (χ1n) is 7.97. The minimum atomic E-state index is -0.306. The molecule has 2 aromatic carbocycles. The quantitative estimate of drug-likeness (QED) is 0.877. The van der Waals surface area contributed by atoms with Crippen molar-refractivity contribution >= 4 is 24.9 Å². The molecule has 0 amide bonds. The van der Waals surface area contributed by atoms with Crippen molar-refractivity contribution in [1.82, 2.24) is 0 Å². The van der Waals surface area contributed by atoms with Crippen LogP contribution in [0.25, 0.3) is 0 Å². The average molecular weight is 327 g/mol. The van der Waals surface area contributed by atoms with E-state index >= 15 is 0 Å². The summed E-state index contributed by atoms with van der Waals surface area (Å²) in [7, 11) is 5.73. The second-order valence-corrected chi connectivity index (χ2v) is 6.74. The normalized spacial score (nSPS) is 24.6. The van der Waals surface area contributed by atoms with Crippen LogP contribution in [0, 0.1) is 0 Å². The molecule has 0 unspecified atom stereocenters. The largest absolute Gasteiger partial charge is 0.393 e. The first kappa shape index (κ1) is 16.6. The second-order valence-electron chi connectivity index (χ2n) is 6.33. The maximum atomic E-state index is 9.98. The van der Waals surface area contributed by atoms with Crippen LogP contribution >= 0.6 is 11.6 Å². The summed E-state index contributed by atoms with van der Waals surface area (Å²) < 4.78 is 5.98. The molecule has 0 aromatic heterocycles. The molecule has 1 N–H and O–H groups in total. The SMILES string of the molecule is [B]c1ccc(Cc2cc([C@H]3C[C@@H](O)C[C@@H](C)O3)ccc2Cl)cc1. The number of hydrogen-bond donors (Lipinski definition) is 1. The van der Waals surface area contributed by atoms with Gasteiger partial charge in [-0.15, -0.1) is 0 Å². The number of aliphatic hydroxyl groups is 1. The summed E-state index contributed by atoms with van der Waals surface area (Å²) in [5.74, 6) is 0. The summed E-state index contributed by atoms with van der Waals surface area (Å²) >= 11 is 6.36. The van der Waals surface area contributed by atoms with E-state index in [0.717, 1.165) is 33.6 Å². The molecule has 2 radical (unpaired) electrons. The molecule has 1 heterocycles. The number of rotatable bonds is 3. The highest BCUT2D eigenvalue weighted by Crippen LogP contribution is 2.33. The summed E-state index contributed by atoms with van der Waals surface area (Å²) in [6.45, 7) is 2.00. The molecule has 0 aliphatic carbocycles. The fourth-order valence-electron chi connectivity index (χ4n) is 3.12. The second kappa shape index (κ2) is 7.08. The van der Waals surface area contributed by atoms with Crippen molar-refractivity contribution in [2.45, 2.75) is 44.5 Å². The number of halogens is 1. The maximum absolute atomic E-state index is 9.98. The number of ether oxygens (including phenoxy) is 1. The minimum absolute atomic E-state index is 0.0694. The lowest BCUT2D eigenvalue weighted by molar-refractivity contribution is -0.0895. The van der Waals surface area contributed by atoms with Gasteiger partial charge in [-0.2, -0.15) is 0 Å². The van der Waals surface area contributed by atoms with Gasteiger partial charge in [-0.05, 0) is 42.5 Å². The zero-order chi connectivity index (χ0) is 16.4. The lowest BCUT2D eigenvalue weighted by atomic mass is 9.92. The van der Waals surface area contributed by atoms with Gasteiger partial charge in [0.25, 0.3) is 0 Å². The van der Waals surface area contributed by atoms with Gasteiger partial charge >= 0.3 is 0 Å². The summed E-state index contributed by atoms with van der Waals surface area (Å²) in [5.41, 5.74) is 4.05. The van der Waals surface area contributed by atoms with Crippen molar-refractivity contribution in [3.8, 4) is 0 Å². The molecule has 0 saturated carbocycles. The average Bonchev–Trinajstić information content (AvgIpc) is 2.50. The molecule has 0 spiro atoms. The third kappa shape index (κ3) is 4.17. The van der Waals surface area contributed by atoms with Crippen LogP contribution in [0.15, 0.2) is 42.5 Å². The van der Waals surface area contributed by atoms with E-state index in [-0.39, 0.29) is 18.3 Å². The fourth-order valence-corrected chi connectivity index (χ4v) is 3.30. The van der Waals surface area contributed by atoms with Gasteiger partial charge in [0.15, 0.2) is 0 Å². The Bertz CT molecular complexity index is 662. The third-order valence-electron chi connectivity index (χ3n) is 4.30. The van der Waals surface area contributed by atoms with Crippen molar-refractivity contribution in [3.63, 3.8) is 0 Å². The van der Waals surface area contributed by atoms with E-state index in [1.807, 2.05) is 43.3 Å². The van der Waals surface area contributed by atoms with Gasteiger partial charge < -0.3 is 9.84 Å². The lowest BCUT2D eigenvalue weighted by Gasteiger charge is -2.31. The van der Waals surface area contributed by atoms with Crippen LogP contribution in [0.5, 0.6) is 0 Å². The first-order chi connectivity index (χ1) is 11.0. The first-order valence-corrected chi connectivity index (χ1v) is 8.35. The molecule has 3 rings (SSSR count). The Balaban J connectivity index is 1.82. The number of benzene rings is 2. The van der Waals surface area contributed by atoms with Crippen molar-refractivity contribution < 1.29 is 9.84 Å². The van der Waals surface area contributed by atoms with Gasteiger partial charge in [-0.1, -0.05) is 53.5 Å². The summed E-state index contributed by atoms with van der Waals surface area (Å²) in [5, 5.41) is 10.7. The van der Waals surface area contributed by atoms with Crippen LogP contribution in [0.2, 0.25) is 5.02 Å². The monoisotopic (exact) mass is 326 g/mol. The molecule has 2 aromatic rings. The predicted molar refractivity (Wildman–Crippen MR) is 94.6 cm³/mol. The van der Waals surface area contributed by atoms with Crippen molar-refractivity contribution in [3.05, 3.63) is 64.2 Å². The highest BCUT2D eigenvalue weighted by molar-refractivity contribution is 6.32. The van der Waals surface area contributed by atoms with Crippen LogP contribution in [0.4, 0.5) is 0 Å². The summed E-state index contributed by atoms with van der Waals surface area (Å²) in [6, 6.07) is 13.8. The molecule has 3 atom stereocenters. The van der Waals surface area contributed by atoms with Gasteiger partial charge in [0, 0.05) is 11.4 Å². The van der Waals surface area contributed by atoms with E-state index in [9.17, 15) is 5.11 Å². The molecule has 2 nitrogen and oxygen atoms in total. The summed E-state index contributed by atoms with van der Waals surface area (Å²) in [6.07, 6.45) is 1.77. The van der Waals surface area contributed by atoms with E-state index in [4.69, 9.17) is 24.2 Å². The van der Waals surface area contributed by atoms with E-state index in [1.165, 1.54) is 0 Å². The molecular weight excluding hydrogens is 306 g/mol. The Morgan fingerprint density at radius 3 is 2.61 bits per heavy atom. The topological polar surface area (TPSA) is 29.5 Å². The van der Waals surface area contributed by atoms with E-state index in [2.05, 4.69) is 6.07 Å².